The quantitative estimate of drug-likeness (QED) is 0.709. The van der Waals surface area contributed by atoms with Gasteiger partial charge in [-0.2, -0.15) is 0 Å². The number of aliphatic hydroxyl groups is 1. The zero-order valence-corrected chi connectivity index (χ0v) is 11.1. The maximum Gasteiger partial charge on any atom is 0.239 e. The van der Waals surface area contributed by atoms with E-state index in [4.69, 9.17) is 4.74 Å². The molecule has 0 aliphatic carbocycles. The van der Waals surface area contributed by atoms with Crippen LogP contribution in [0.2, 0.25) is 0 Å². The maximum absolute atomic E-state index is 13.0. The number of benzene rings is 1. The predicted molar refractivity (Wildman–Crippen MR) is 70.5 cm³/mol. The first kappa shape index (κ1) is 15.4. The summed E-state index contributed by atoms with van der Waals surface area (Å²) in [4.78, 5) is 13.3. The lowest BCUT2D eigenvalue weighted by atomic mass is 10.1. The third kappa shape index (κ3) is 4.84. The molecule has 1 amide bonds. The van der Waals surface area contributed by atoms with Gasteiger partial charge >= 0.3 is 0 Å². The highest BCUT2D eigenvalue weighted by Gasteiger charge is 2.11. The van der Waals surface area contributed by atoms with Crippen LogP contribution in [0.1, 0.15) is 5.56 Å². The molecule has 5 nitrogen and oxygen atoms in total. The molecule has 0 fully saturated rings. The number of methoxy groups -OCH3 is 1. The first-order valence-electron chi connectivity index (χ1n) is 5.94. The number of hydrogen-bond acceptors (Lipinski definition) is 4. The Bertz CT molecular complexity index is 426. The van der Waals surface area contributed by atoms with E-state index in [-0.39, 0.29) is 19.1 Å². The van der Waals surface area contributed by atoms with Gasteiger partial charge in [0, 0.05) is 32.0 Å². The second-order valence-electron chi connectivity index (χ2n) is 4.13. The van der Waals surface area contributed by atoms with E-state index in [0.29, 0.717) is 24.4 Å². The van der Waals surface area contributed by atoms with Crippen LogP contribution in [-0.4, -0.2) is 44.9 Å². The van der Waals surface area contributed by atoms with Crippen molar-refractivity contribution in [3.8, 4) is 0 Å². The van der Waals surface area contributed by atoms with Crippen LogP contribution in [0.15, 0.2) is 18.2 Å². The summed E-state index contributed by atoms with van der Waals surface area (Å²) in [6.45, 7) is 0.748. The lowest BCUT2D eigenvalue weighted by molar-refractivity contribution is -0.119. The molecular formula is C13H19FN2O3. The van der Waals surface area contributed by atoms with Crippen LogP contribution in [0.4, 0.5) is 10.1 Å². The fraction of sp³-hybridized carbons (Fsp3) is 0.462. The zero-order chi connectivity index (χ0) is 14.3. The molecule has 1 rings (SSSR count). The van der Waals surface area contributed by atoms with Crippen molar-refractivity contribution in [1.29, 1.82) is 0 Å². The lowest BCUT2D eigenvalue weighted by Gasteiger charge is -2.21. The summed E-state index contributed by atoms with van der Waals surface area (Å²) >= 11 is 0. The van der Waals surface area contributed by atoms with Crippen LogP contribution in [0.25, 0.3) is 0 Å². The number of hydrogen-bond donors (Lipinski definition) is 2. The first-order valence-corrected chi connectivity index (χ1v) is 5.94. The van der Waals surface area contributed by atoms with E-state index in [1.807, 2.05) is 0 Å². The van der Waals surface area contributed by atoms with Gasteiger partial charge in [0.1, 0.15) is 5.82 Å². The summed E-state index contributed by atoms with van der Waals surface area (Å²) < 4.78 is 17.9. The number of likely N-dealkylation sites (N-methyl/N-ethyl adjacent to an activating group) is 1. The molecule has 0 heterocycles. The van der Waals surface area contributed by atoms with Gasteiger partial charge in [-0.15, -0.1) is 0 Å². The standard InChI is InChI=1S/C13H19FN2O3/c1-16(8-13(18)15-5-6-19-2)12-4-3-11(14)7-10(12)9-17/h3-4,7,17H,5-6,8-9H2,1-2H3,(H,15,18). The van der Waals surface area contributed by atoms with Gasteiger partial charge in [-0.05, 0) is 18.2 Å². The Morgan fingerprint density at radius 2 is 2.26 bits per heavy atom. The number of ether oxygens (including phenoxy) is 1. The van der Waals surface area contributed by atoms with Crippen molar-refractivity contribution in [1.82, 2.24) is 5.32 Å². The molecule has 0 radical (unpaired) electrons. The van der Waals surface area contributed by atoms with Gasteiger partial charge in [0.15, 0.2) is 0 Å². The molecule has 0 bridgehead atoms. The maximum atomic E-state index is 13.0. The molecule has 0 aromatic heterocycles. The Morgan fingerprint density at radius 3 is 2.89 bits per heavy atom. The van der Waals surface area contributed by atoms with Crippen LogP contribution in [0.5, 0.6) is 0 Å². The second kappa shape index (κ2) is 7.70. The van der Waals surface area contributed by atoms with E-state index in [2.05, 4.69) is 5.32 Å². The SMILES string of the molecule is COCCNC(=O)CN(C)c1ccc(F)cc1CO. The van der Waals surface area contributed by atoms with Gasteiger partial charge < -0.3 is 20.1 Å². The molecule has 2 N–H and O–H groups in total. The largest absolute Gasteiger partial charge is 0.392 e. The van der Waals surface area contributed by atoms with E-state index in [0.717, 1.165) is 0 Å². The van der Waals surface area contributed by atoms with E-state index in [9.17, 15) is 14.3 Å². The van der Waals surface area contributed by atoms with Crippen molar-refractivity contribution in [2.75, 3.05) is 38.8 Å². The van der Waals surface area contributed by atoms with Crippen molar-refractivity contribution in [3.63, 3.8) is 0 Å². The van der Waals surface area contributed by atoms with Gasteiger partial charge in [0.25, 0.3) is 0 Å². The molecule has 106 valence electrons. The third-order valence-electron chi connectivity index (χ3n) is 2.63. The van der Waals surface area contributed by atoms with E-state index < -0.39 is 5.82 Å². The van der Waals surface area contributed by atoms with E-state index in [1.165, 1.54) is 12.1 Å². The van der Waals surface area contributed by atoms with Gasteiger partial charge in [-0.1, -0.05) is 0 Å². The molecule has 1 aromatic carbocycles. The first-order chi connectivity index (χ1) is 9.08. The molecule has 1 aromatic rings. The normalized spacial score (nSPS) is 10.3. The third-order valence-corrected chi connectivity index (χ3v) is 2.63. The minimum atomic E-state index is -0.411. The molecule has 0 atom stereocenters. The summed E-state index contributed by atoms with van der Waals surface area (Å²) in [6, 6.07) is 4.10. The Morgan fingerprint density at radius 1 is 1.53 bits per heavy atom. The predicted octanol–water partition coefficient (Wildman–Crippen LogP) is 0.517. The summed E-state index contributed by atoms with van der Waals surface area (Å²) in [5.74, 6) is -0.571. The minimum Gasteiger partial charge on any atom is -0.392 e. The highest BCUT2D eigenvalue weighted by atomic mass is 19.1. The number of aliphatic hydroxyl groups excluding tert-OH is 1. The van der Waals surface area contributed by atoms with Gasteiger partial charge in [0.05, 0.1) is 19.8 Å². The van der Waals surface area contributed by atoms with Crippen molar-refractivity contribution in [2.24, 2.45) is 0 Å². The molecule has 6 heteroatoms. The van der Waals surface area contributed by atoms with Crippen molar-refractivity contribution < 1.29 is 19.0 Å². The number of rotatable bonds is 7. The fourth-order valence-corrected chi connectivity index (χ4v) is 1.70. The number of carbonyl (C=O) groups excluding carboxylic acids is 1. The van der Waals surface area contributed by atoms with Crippen molar-refractivity contribution >= 4 is 11.6 Å². The zero-order valence-electron chi connectivity index (χ0n) is 11.1. The molecule has 0 aliphatic rings. The Balaban J connectivity index is 2.62. The average molecular weight is 270 g/mol. The molecule has 0 saturated heterocycles. The van der Waals surface area contributed by atoms with Crippen LogP contribution >= 0.6 is 0 Å². The van der Waals surface area contributed by atoms with Crippen LogP contribution in [0.3, 0.4) is 0 Å². The number of amides is 1. The summed E-state index contributed by atoms with van der Waals surface area (Å²) in [5, 5.41) is 11.9. The number of halogens is 1. The highest BCUT2D eigenvalue weighted by Crippen LogP contribution is 2.20. The monoisotopic (exact) mass is 270 g/mol. The van der Waals surface area contributed by atoms with Crippen LogP contribution < -0.4 is 10.2 Å². The van der Waals surface area contributed by atoms with E-state index in [1.54, 1.807) is 25.1 Å². The molecule has 0 aliphatic heterocycles. The number of carbonyl (C=O) groups is 1. The summed E-state index contributed by atoms with van der Waals surface area (Å²) in [5.41, 5.74) is 1.08. The second-order valence-corrected chi connectivity index (χ2v) is 4.13. The highest BCUT2D eigenvalue weighted by molar-refractivity contribution is 5.81. The average Bonchev–Trinajstić information content (AvgIpc) is 2.38. The Labute approximate surface area is 112 Å². The van der Waals surface area contributed by atoms with Crippen LogP contribution in [-0.2, 0) is 16.1 Å². The lowest BCUT2D eigenvalue weighted by Crippen LogP contribution is -2.37. The van der Waals surface area contributed by atoms with Gasteiger partial charge in [-0.25, -0.2) is 4.39 Å². The summed E-state index contributed by atoms with van der Waals surface area (Å²) in [6.07, 6.45) is 0. The summed E-state index contributed by atoms with van der Waals surface area (Å²) in [7, 11) is 3.27. The van der Waals surface area contributed by atoms with Crippen LogP contribution in [0, 0.1) is 5.82 Å². The Kier molecular flexibility index (Phi) is 6.24. The Hall–Kier alpha value is -1.66. The molecule has 19 heavy (non-hydrogen) atoms. The molecule has 0 saturated carbocycles. The van der Waals surface area contributed by atoms with E-state index >= 15 is 0 Å². The molecular weight excluding hydrogens is 251 g/mol. The van der Waals surface area contributed by atoms with Crippen molar-refractivity contribution in [3.05, 3.63) is 29.6 Å². The smallest absolute Gasteiger partial charge is 0.239 e. The topological polar surface area (TPSA) is 61.8 Å². The minimum absolute atomic E-state index is 0.127. The van der Waals surface area contributed by atoms with Gasteiger partial charge in [-0.3, -0.25) is 4.79 Å². The van der Waals surface area contributed by atoms with Gasteiger partial charge in [0.2, 0.25) is 5.91 Å². The number of nitrogens with one attached hydrogen (secondary N) is 1. The fourth-order valence-electron chi connectivity index (χ4n) is 1.70. The number of anilines is 1. The molecule has 0 unspecified atom stereocenters. The molecule has 0 spiro atoms. The van der Waals surface area contributed by atoms with Crippen molar-refractivity contribution in [2.45, 2.75) is 6.61 Å². The number of nitrogens with zero attached hydrogens (tertiary/aromatic N) is 1.